The first-order chi connectivity index (χ1) is 8.65. The minimum Gasteiger partial charge on any atom is -0.366 e. The third-order valence-electron chi connectivity index (χ3n) is 2.62. The molecule has 2 rings (SSSR count). The molecule has 1 aromatic carbocycles. The molecule has 0 radical (unpaired) electrons. The van der Waals surface area contributed by atoms with E-state index in [0.717, 1.165) is 5.56 Å². The first-order valence-electron chi connectivity index (χ1n) is 6.04. The lowest BCUT2D eigenvalue weighted by molar-refractivity contribution is 0.766. The van der Waals surface area contributed by atoms with E-state index in [1.54, 1.807) is 0 Å². The summed E-state index contributed by atoms with van der Waals surface area (Å²) in [4.78, 5) is 18.6. The third-order valence-corrected chi connectivity index (χ3v) is 2.62. The molecule has 0 aliphatic heterocycles. The number of hydrogen-bond donors (Lipinski definition) is 2. The fourth-order valence-corrected chi connectivity index (χ4v) is 1.63. The van der Waals surface area contributed by atoms with Crippen molar-refractivity contribution in [2.45, 2.75) is 26.3 Å². The average Bonchev–Trinajstić information content (AvgIpc) is 2.37. The first kappa shape index (κ1) is 12.4. The zero-order valence-electron chi connectivity index (χ0n) is 10.6. The molecule has 4 nitrogen and oxygen atoms in total. The molecule has 0 saturated carbocycles. The summed E-state index contributed by atoms with van der Waals surface area (Å²) in [6.45, 7) is 4.66. The fourth-order valence-electron chi connectivity index (χ4n) is 1.63. The lowest BCUT2D eigenvalue weighted by Crippen LogP contribution is -2.14. The maximum Gasteiger partial charge on any atom is 0.252 e. The zero-order valence-corrected chi connectivity index (χ0v) is 10.6. The second-order valence-electron chi connectivity index (χ2n) is 4.51. The van der Waals surface area contributed by atoms with Gasteiger partial charge in [-0.15, -0.1) is 0 Å². The highest BCUT2D eigenvalue weighted by Crippen LogP contribution is 2.10. The maximum absolute atomic E-state index is 11.5. The lowest BCUT2D eigenvalue weighted by Gasteiger charge is -2.08. The van der Waals surface area contributed by atoms with Crippen LogP contribution in [0, 0.1) is 0 Å². The van der Waals surface area contributed by atoms with Crippen molar-refractivity contribution in [1.82, 2.24) is 9.97 Å². The van der Waals surface area contributed by atoms with E-state index in [9.17, 15) is 4.79 Å². The molecule has 0 fully saturated rings. The molecule has 0 bridgehead atoms. The Morgan fingerprint density at radius 3 is 2.67 bits per heavy atom. The normalized spacial score (nSPS) is 10.6. The summed E-state index contributed by atoms with van der Waals surface area (Å²) in [7, 11) is 0. The number of aromatic amines is 1. The highest BCUT2D eigenvalue weighted by Gasteiger charge is 2.04. The van der Waals surface area contributed by atoms with Gasteiger partial charge in [0.2, 0.25) is 0 Å². The van der Waals surface area contributed by atoms with E-state index in [1.807, 2.05) is 44.2 Å². The molecular weight excluding hydrogens is 226 g/mol. The number of aromatic nitrogens is 2. The van der Waals surface area contributed by atoms with Crippen LogP contribution in [0.25, 0.3) is 0 Å². The van der Waals surface area contributed by atoms with Crippen molar-refractivity contribution < 1.29 is 0 Å². The molecule has 94 valence electrons. The smallest absolute Gasteiger partial charge is 0.252 e. The zero-order chi connectivity index (χ0) is 13.0. The largest absolute Gasteiger partial charge is 0.366 e. The van der Waals surface area contributed by atoms with E-state index in [-0.39, 0.29) is 11.5 Å². The van der Waals surface area contributed by atoms with Crippen molar-refractivity contribution >= 4 is 5.82 Å². The van der Waals surface area contributed by atoms with Gasteiger partial charge in [-0.2, -0.15) is 0 Å². The molecule has 2 N–H and O–H groups in total. The van der Waals surface area contributed by atoms with E-state index < -0.39 is 0 Å². The van der Waals surface area contributed by atoms with Gasteiger partial charge in [0.15, 0.2) is 0 Å². The molecule has 18 heavy (non-hydrogen) atoms. The van der Waals surface area contributed by atoms with Gasteiger partial charge in [0.05, 0.1) is 0 Å². The van der Waals surface area contributed by atoms with Crippen LogP contribution in [-0.4, -0.2) is 9.97 Å². The highest BCUT2D eigenvalue weighted by atomic mass is 16.1. The Hall–Kier alpha value is -2.10. The minimum absolute atomic E-state index is 0.121. The standard InChI is InChI=1S/C14H17N3O/c1-10(2)14-16-12(8-13(18)17-14)15-9-11-6-4-3-5-7-11/h3-8,10H,9H2,1-2H3,(H2,15,16,17,18). The molecule has 0 unspecified atom stereocenters. The second kappa shape index (κ2) is 5.49. The van der Waals surface area contributed by atoms with Crippen molar-refractivity contribution in [1.29, 1.82) is 0 Å². The molecule has 0 atom stereocenters. The number of anilines is 1. The number of benzene rings is 1. The third kappa shape index (κ3) is 3.20. The molecule has 2 aromatic rings. The SMILES string of the molecule is CC(C)c1nc(NCc2ccccc2)cc(=O)[nH]1. The molecule has 0 aliphatic carbocycles. The summed E-state index contributed by atoms with van der Waals surface area (Å²) in [5.41, 5.74) is 1.04. The van der Waals surface area contributed by atoms with Gasteiger partial charge in [-0.1, -0.05) is 44.2 Å². The van der Waals surface area contributed by atoms with Crippen molar-refractivity contribution in [2.75, 3.05) is 5.32 Å². The van der Waals surface area contributed by atoms with Crippen molar-refractivity contribution in [3.63, 3.8) is 0 Å². The summed E-state index contributed by atoms with van der Waals surface area (Å²) in [6, 6.07) is 11.5. The van der Waals surface area contributed by atoms with Crippen LogP contribution in [0.3, 0.4) is 0 Å². The maximum atomic E-state index is 11.5. The van der Waals surface area contributed by atoms with E-state index in [4.69, 9.17) is 0 Å². The van der Waals surface area contributed by atoms with E-state index in [0.29, 0.717) is 18.2 Å². The van der Waals surface area contributed by atoms with Crippen LogP contribution in [0.1, 0.15) is 31.2 Å². The van der Waals surface area contributed by atoms with Gasteiger partial charge in [-0.25, -0.2) is 4.98 Å². The van der Waals surface area contributed by atoms with Crippen molar-refractivity contribution in [2.24, 2.45) is 0 Å². The number of rotatable bonds is 4. The molecule has 1 aromatic heterocycles. The van der Waals surface area contributed by atoms with Crippen LogP contribution >= 0.6 is 0 Å². The number of hydrogen-bond acceptors (Lipinski definition) is 3. The molecule has 0 spiro atoms. The van der Waals surface area contributed by atoms with Gasteiger partial charge < -0.3 is 10.3 Å². The van der Waals surface area contributed by atoms with Crippen LogP contribution in [0.2, 0.25) is 0 Å². The van der Waals surface area contributed by atoms with E-state index >= 15 is 0 Å². The summed E-state index contributed by atoms with van der Waals surface area (Å²) >= 11 is 0. The Morgan fingerprint density at radius 1 is 1.28 bits per heavy atom. The van der Waals surface area contributed by atoms with Gasteiger partial charge in [-0.05, 0) is 5.56 Å². The molecule has 0 aliphatic rings. The summed E-state index contributed by atoms with van der Waals surface area (Å²) in [6.07, 6.45) is 0. The van der Waals surface area contributed by atoms with Crippen LogP contribution in [0.5, 0.6) is 0 Å². The summed E-state index contributed by atoms with van der Waals surface area (Å²) in [5.74, 6) is 1.53. The Bertz CT molecular complexity index is 561. The lowest BCUT2D eigenvalue weighted by atomic mass is 10.2. The molecule has 4 heteroatoms. The van der Waals surface area contributed by atoms with Crippen LogP contribution in [0.4, 0.5) is 5.82 Å². The van der Waals surface area contributed by atoms with Gasteiger partial charge in [0, 0.05) is 18.5 Å². The molecular formula is C14H17N3O. The van der Waals surface area contributed by atoms with Gasteiger partial charge in [-0.3, -0.25) is 4.79 Å². The van der Waals surface area contributed by atoms with Crippen LogP contribution in [0.15, 0.2) is 41.2 Å². The number of H-pyrrole nitrogens is 1. The van der Waals surface area contributed by atoms with E-state index in [2.05, 4.69) is 15.3 Å². The number of nitrogens with one attached hydrogen (secondary N) is 2. The Balaban J connectivity index is 2.12. The molecule has 1 heterocycles. The first-order valence-corrected chi connectivity index (χ1v) is 6.04. The van der Waals surface area contributed by atoms with Gasteiger partial charge in [0.25, 0.3) is 5.56 Å². The number of nitrogens with zero attached hydrogens (tertiary/aromatic N) is 1. The average molecular weight is 243 g/mol. The topological polar surface area (TPSA) is 57.8 Å². The van der Waals surface area contributed by atoms with Crippen molar-refractivity contribution in [3.8, 4) is 0 Å². The Kier molecular flexibility index (Phi) is 3.77. The summed E-state index contributed by atoms with van der Waals surface area (Å²) < 4.78 is 0. The predicted molar refractivity (Wildman–Crippen MR) is 72.7 cm³/mol. The fraction of sp³-hybridized carbons (Fsp3) is 0.286. The molecule has 0 saturated heterocycles. The Morgan fingerprint density at radius 2 is 2.00 bits per heavy atom. The quantitative estimate of drug-likeness (QED) is 0.867. The van der Waals surface area contributed by atoms with Crippen LogP contribution in [-0.2, 0) is 6.54 Å². The second-order valence-corrected chi connectivity index (χ2v) is 4.51. The van der Waals surface area contributed by atoms with Gasteiger partial charge in [0.1, 0.15) is 11.6 Å². The molecule has 0 amide bonds. The summed E-state index contributed by atoms with van der Waals surface area (Å²) in [5, 5.41) is 3.17. The minimum atomic E-state index is -0.121. The highest BCUT2D eigenvalue weighted by molar-refractivity contribution is 5.34. The van der Waals surface area contributed by atoms with Crippen molar-refractivity contribution in [3.05, 3.63) is 58.1 Å². The van der Waals surface area contributed by atoms with E-state index in [1.165, 1.54) is 6.07 Å². The monoisotopic (exact) mass is 243 g/mol. The Labute approximate surface area is 106 Å². The van der Waals surface area contributed by atoms with Crippen LogP contribution < -0.4 is 10.9 Å². The predicted octanol–water partition coefficient (Wildman–Crippen LogP) is 2.51. The van der Waals surface area contributed by atoms with Gasteiger partial charge >= 0.3 is 0 Å².